The summed E-state index contributed by atoms with van der Waals surface area (Å²) >= 11 is 3.50. The maximum absolute atomic E-state index is 5.37. The fourth-order valence-corrected chi connectivity index (χ4v) is 2.51. The Bertz CT molecular complexity index is 334. The quantitative estimate of drug-likeness (QED) is 0.911. The molecule has 1 aliphatic rings. The smallest absolute Gasteiger partial charge is 0.122 e. The standard InChI is InChI=1S/C12H16BrNO/c1-15-12-3-2-11(13)7-10(12)6-9-4-5-14-8-9/h2-3,7,9,14H,4-6,8H2,1H3. The van der Waals surface area contributed by atoms with Crippen LogP contribution in [-0.4, -0.2) is 20.2 Å². The molecule has 1 aromatic rings. The van der Waals surface area contributed by atoms with Crippen LogP contribution in [0.2, 0.25) is 0 Å². The van der Waals surface area contributed by atoms with Crippen molar-refractivity contribution < 1.29 is 4.74 Å². The molecule has 0 bridgehead atoms. The van der Waals surface area contributed by atoms with Gasteiger partial charge in [0.1, 0.15) is 5.75 Å². The second kappa shape index (κ2) is 4.99. The van der Waals surface area contributed by atoms with Crippen LogP contribution in [0.15, 0.2) is 22.7 Å². The Kier molecular flexibility index (Phi) is 3.65. The van der Waals surface area contributed by atoms with Crippen LogP contribution in [0.4, 0.5) is 0 Å². The van der Waals surface area contributed by atoms with Gasteiger partial charge in [0.2, 0.25) is 0 Å². The number of methoxy groups -OCH3 is 1. The lowest BCUT2D eigenvalue weighted by Crippen LogP contribution is -2.11. The lowest BCUT2D eigenvalue weighted by molar-refractivity contribution is 0.405. The molecule has 0 saturated carbocycles. The van der Waals surface area contributed by atoms with Gasteiger partial charge in [-0.2, -0.15) is 0 Å². The minimum Gasteiger partial charge on any atom is -0.496 e. The first-order valence-corrected chi connectivity index (χ1v) is 6.12. The fraction of sp³-hybridized carbons (Fsp3) is 0.500. The summed E-state index contributed by atoms with van der Waals surface area (Å²) in [7, 11) is 1.74. The van der Waals surface area contributed by atoms with Crippen molar-refractivity contribution in [2.75, 3.05) is 20.2 Å². The molecule has 2 nitrogen and oxygen atoms in total. The van der Waals surface area contributed by atoms with Crippen LogP contribution < -0.4 is 10.1 Å². The van der Waals surface area contributed by atoms with Crippen LogP contribution in [0.25, 0.3) is 0 Å². The van der Waals surface area contributed by atoms with E-state index >= 15 is 0 Å². The highest BCUT2D eigenvalue weighted by Gasteiger charge is 2.16. The molecular formula is C12H16BrNO. The van der Waals surface area contributed by atoms with Crippen LogP contribution >= 0.6 is 15.9 Å². The maximum Gasteiger partial charge on any atom is 0.122 e. The van der Waals surface area contributed by atoms with E-state index in [0.717, 1.165) is 35.7 Å². The summed E-state index contributed by atoms with van der Waals surface area (Å²) in [5, 5.41) is 3.39. The first kappa shape index (κ1) is 11.0. The predicted octanol–water partition coefficient (Wildman–Crippen LogP) is 2.61. The van der Waals surface area contributed by atoms with Crippen LogP contribution in [0.1, 0.15) is 12.0 Å². The number of hydrogen-bond acceptors (Lipinski definition) is 2. The summed E-state index contributed by atoms with van der Waals surface area (Å²) in [4.78, 5) is 0. The van der Waals surface area contributed by atoms with E-state index in [0.29, 0.717) is 0 Å². The summed E-state index contributed by atoms with van der Waals surface area (Å²) in [6, 6.07) is 6.22. The maximum atomic E-state index is 5.37. The minimum absolute atomic E-state index is 0.758. The molecule has 1 unspecified atom stereocenters. The zero-order valence-corrected chi connectivity index (χ0v) is 10.5. The molecule has 1 heterocycles. The van der Waals surface area contributed by atoms with Crippen LogP contribution in [0.3, 0.4) is 0 Å². The Hall–Kier alpha value is -0.540. The molecule has 0 amide bonds. The largest absolute Gasteiger partial charge is 0.496 e. The van der Waals surface area contributed by atoms with Crippen molar-refractivity contribution in [3.8, 4) is 5.75 Å². The van der Waals surface area contributed by atoms with Crippen molar-refractivity contribution in [2.24, 2.45) is 5.92 Å². The van der Waals surface area contributed by atoms with Gasteiger partial charge in [-0.05, 0) is 55.6 Å². The van der Waals surface area contributed by atoms with Crippen LogP contribution in [0.5, 0.6) is 5.75 Å². The molecule has 0 aromatic heterocycles. The molecule has 3 heteroatoms. The Labute approximate surface area is 99.1 Å². The first-order valence-electron chi connectivity index (χ1n) is 5.32. The molecule has 1 aromatic carbocycles. The highest BCUT2D eigenvalue weighted by atomic mass is 79.9. The molecule has 1 aliphatic heterocycles. The molecule has 1 saturated heterocycles. The van der Waals surface area contributed by atoms with Gasteiger partial charge in [-0.3, -0.25) is 0 Å². The van der Waals surface area contributed by atoms with Gasteiger partial charge in [-0.15, -0.1) is 0 Å². The first-order chi connectivity index (χ1) is 7.29. The topological polar surface area (TPSA) is 21.3 Å². The molecule has 1 atom stereocenters. The molecule has 0 spiro atoms. The highest BCUT2D eigenvalue weighted by molar-refractivity contribution is 9.10. The van der Waals surface area contributed by atoms with E-state index in [2.05, 4.69) is 27.3 Å². The Morgan fingerprint density at radius 2 is 2.40 bits per heavy atom. The number of benzene rings is 1. The average molecular weight is 270 g/mol. The molecule has 82 valence electrons. The number of ether oxygens (including phenoxy) is 1. The van der Waals surface area contributed by atoms with Gasteiger partial charge < -0.3 is 10.1 Å². The van der Waals surface area contributed by atoms with E-state index in [1.807, 2.05) is 12.1 Å². The van der Waals surface area contributed by atoms with Gasteiger partial charge in [0.25, 0.3) is 0 Å². The van der Waals surface area contributed by atoms with Crippen LogP contribution in [-0.2, 0) is 6.42 Å². The van der Waals surface area contributed by atoms with Gasteiger partial charge in [-0.1, -0.05) is 15.9 Å². The third kappa shape index (κ3) is 2.73. The highest BCUT2D eigenvalue weighted by Crippen LogP contribution is 2.26. The van der Waals surface area contributed by atoms with Crippen LogP contribution in [0, 0.1) is 5.92 Å². The number of nitrogens with one attached hydrogen (secondary N) is 1. The third-order valence-corrected chi connectivity index (χ3v) is 3.41. The van der Waals surface area contributed by atoms with E-state index < -0.39 is 0 Å². The van der Waals surface area contributed by atoms with Crippen molar-refractivity contribution in [2.45, 2.75) is 12.8 Å². The number of halogens is 1. The summed E-state index contributed by atoms with van der Waals surface area (Å²) in [5.41, 5.74) is 1.31. The molecule has 0 radical (unpaired) electrons. The predicted molar refractivity (Wildman–Crippen MR) is 65.4 cm³/mol. The minimum atomic E-state index is 0.758. The van der Waals surface area contributed by atoms with E-state index in [9.17, 15) is 0 Å². The molecular weight excluding hydrogens is 254 g/mol. The van der Waals surface area contributed by atoms with Gasteiger partial charge in [0.15, 0.2) is 0 Å². The summed E-state index contributed by atoms with van der Waals surface area (Å²) in [6.07, 6.45) is 2.38. The van der Waals surface area contributed by atoms with Crippen molar-refractivity contribution in [3.05, 3.63) is 28.2 Å². The number of rotatable bonds is 3. The zero-order valence-electron chi connectivity index (χ0n) is 8.92. The van der Waals surface area contributed by atoms with E-state index in [1.54, 1.807) is 7.11 Å². The van der Waals surface area contributed by atoms with E-state index in [1.165, 1.54) is 12.0 Å². The SMILES string of the molecule is COc1ccc(Br)cc1CC1CCNC1. The second-order valence-corrected chi connectivity index (χ2v) is 4.93. The molecule has 2 rings (SSSR count). The van der Waals surface area contributed by atoms with Gasteiger partial charge in [-0.25, -0.2) is 0 Å². The third-order valence-electron chi connectivity index (χ3n) is 2.91. The van der Waals surface area contributed by atoms with Gasteiger partial charge in [0.05, 0.1) is 7.11 Å². The van der Waals surface area contributed by atoms with Gasteiger partial charge >= 0.3 is 0 Å². The van der Waals surface area contributed by atoms with Crippen molar-refractivity contribution in [3.63, 3.8) is 0 Å². The summed E-state index contributed by atoms with van der Waals surface area (Å²) < 4.78 is 6.50. The Balaban J connectivity index is 2.14. The Morgan fingerprint density at radius 3 is 3.07 bits per heavy atom. The average Bonchev–Trinajstić information content (AvgIpc) is 2.71. The molecule has 1 fully saturated rings. The van der Waals surface area contributed by atoms with E-state index in [4.69, 9.17) is 4.74 Å². The summed E-state index contributed by atoms with van der Waals surface area (Å²) in [5.74, 6) is 1.76. The van der Waals surface area contributed by atoms with E-state index in [-0.39, 0.29) is 0 Å². The van der Waals surface area contributed by atoms with Gasteiger partial charge in [0, 0.05) is 4.47 Å². The molecule has 1 N–H and O–H groups in total. The summed E-state index contributed by atoms with van der Waals surface area (Å²) in [6.45, 7) is 2.29. The monoisotopic (exact) mass is 269 g/mol. The Morgan fingerprint density at radius 1 is 1.53 bits per heavy atom. The fourth-order valence-electron chi connectivity index (χ4n) is 2.11. The second-order valence-electron chi connectivity index (χ2n) is 4.02. The normalized spacial score (nSPS) is 20.5. The molecule has 15 heavy (non-hydrogen) atoms. The van der Waals surface area contributed by atoms with Crippen molar-refractivity contribution >= 4 is 15.9 Å². The van der Waals surface area contributed by atoms with Crippen molar-refractivity contribution in [1.82, 2.24) is 5.32 Å². The lowest BCUT2D eigenvalue weighted by Gasteiger charge is -2.12. The number of hydrogen-bond donors (Lipinski definition) is 1. The molecule has 0 aliphatic carbocycles. The zero-order chi connectivity index (χ0) is 10.7. The van der Waals surface area contributed by atoms with Crippen molar-refractivity contribution in [1.29, 1.82) is 0 Å². The lowest BCUT2D eigenvalue weighted by atomic mass is 9.98.